The smallest absolute Gasteiger partial charge is 0.234 e. The van der Waals surface area contributed by atoms with E-state index in [4.69, 9.17) is 0 Å². The first-order valence-corrected chi connectivity index (χ1v) is 10.4. The third kappa shape index (κ3) is 5.32. The number of aromatic nitrogens is 3. The highest BCUT2D eigenvalue weighted by molar-refractivity contribution is 7.99. The summed E-state index contributed by atoms with van der Waals surface area (Å²) in [5.74, 6) is 0.345. The molecule has 1 N–H and O–H groups in total. The van der Waals surface area contributed by atoms with Crippen molar-refractivity contribution in [2.45, 2.75) is 50.7 Å². The summed E-state index contributed by atoms with van der Waals surface area (Å²) in [6.07, 6.45) is 6.64. The highest BCUT2D eigenvalue weighted by atomic mass is 32.2. The van der Waals surface area contributed by atoms with Crippen molar-refractivity contribution in [3.05, 3.63) is 30.6 Å². The lowest BCUT2D eigenvalue weighted by molar-refractivity contribution is -0.117. The SMILES string of the molecule is CCCCCn1cnnc1SCC(=O)Nc1ccc(N2CCCC2=O)cc1. The molecule has 8 heteroatoms. The van der Waals surface area contributed by atoms with Gasteiger partial charge in [-0.3, -0.25) is 9.59 Å². The Bertz CT molecular complexity index is 775. The number of hydrogen-bond donors (Lipinski definition) is 1. The van der Waals surface area contributed by atoms with E-state index in [1.807, 2.05) is 28.8 Å². The van der Waals surface area contributed by atoms with Crippen molar-refractivity contribution in [2.75, 3.05) is 22.5 Å². The largest absolute Gasteiger partial charge is 0.325 e. The van der Waals surface area contributed by atoms with E-state index in [9.17, 15) is 9.59 Å². The highest BCUT2D eigenvalue weighted by Gasteiger charge is 2.21. The van der Waals surface area contributed by atoms with Crippen molar-refractivity contribution in [1.29, 1.82) is 0 Å². The fourth-order valence-electron chi connectivity index (χ4n) is 3.01. The molecular weight excluding hydrogens is 362 g/mol. The van der Waals surface area contributed by atoms with Crippen LogP contribution in [0.15, 0.2) is 35.7 Å². The predicted molar refractivity (Wildman–Crippen MR) is 107 cm³/mol. The van der Waals surface area contributed by atoms with Gasteiger partial charge in [0.15, 0.2) is 5.16 Å². The van der Waals surface area contributed by atoms with Crippen LogP contribution >= 0.6 is 11.8 Å². The van der Waals surface area contributed by atoms with Crippen LogP contribution in [-0.4, -0.2) is 38.9 Å². The number of thioether (sulfide) groups is 1. The van der Waals surface area contributed by atoms with Gasteiger partial charge >= 0.3 is 0 Å². The van der Waals surface area contributed by atoms with E-state index in [1.54, 1.807) is 11.2 Å². The normalized spacial score (nSPS) is 14.0. The lowest BCUT2D eigenvalue weighted by Crippen LogP contribution is -2.23. The van der Waals surface area contributed by atoms with E-state index in [0.717, 1.165) is 48.9 Å². The van der Waals surface area contributed by atoms with E-state index in [-0.39, 0.29) is 17.6 Å². The van der Waals surface area contributed by atoms with Crippen LogP contribution in [0, 0.1) is 0 Å². The summed E-state index contributed by atoms with van der Waals surface area (Å²) in [6, 6.07) is 7.40. The number of rotatable bonds is 9. The molecular formula is C19H25N5O2S. The molecule has 2 aromatic rings. The number of nitrogens with zero attached hydrogens (tertiary/aromatic N) is 4. The van der Waals surface area contributed by atoms with Gasteiger partial charge in [-0.15, -0.1) is 10.2 Å². The second-order valence-electron chi connectivity index (χ2n) is 6.55. The number of carbonyl (C=O) groups excluding carboxylic acids is 2. The van der Waals surface area contributed by atoms with Crippen LogP contribution in [0.5, 0.6) is 0 Å². The third-order valence-electron chi connectivity index (χ3n) is 4.45. The van der Waals surface area contributed by atoms with Crippen LogP contribution in [-0.2, 0) is 16.1 Å². The van der Waals surface area contributed by atoms with Crippen molar-refractivity contribution in [3.63, 3.8) is 0 Å². The minimum atomic E-state index is -0.0897. The van der Waals surface area contributed by atoms with Crippen LogP contribution in [0.25, 0.3) is 0 Å². The van der Waals surface area contributed by atoms with Crippen molar-refractivity contribution in [3.8, 4) is 0 Å². The van der Waals surface area contributed by atoms with Crippen LogP contribution < -0.4 is 10.2 Å². The molecule has 27 heavy (non-hydrogen) atoms. The molecule has 1 saturated heterocycles. The summed E-state index contributed by atoms with van der Waals surface area (Å²) in [6.45, 7) is 3.81. The number of unbranched alkanes of at least 4 members (excludes halogenated alkanes) is 2. The molecule has 1 fully saturated rings. The molecule has 3 rings (SSSR count). The van der Waals surface area contributed by atoms with Gasteiger partial charge < -0.3 is 14.8 Å². The van der Waals surface area contributed by atoms with E-state index in [1.165, 1.54) is 18.2 Å². The third-order valence-corrected chi connectivity index (χ3v) is 5.43. The average molecular weight is 388 g/mol. The zero-order valence-electron chi connectivity index (χ0n) is 15.6. The molecule has 1 aliphatic rings. The van der Waals surface area contributed by atoms with Crippen LogP contribution in [0.2, 0.25) is 0 Å². The molecule has 7 nitrogen and oxygen atoms in total. The zero-order valence-corrected chi connectivity index (χ0v) is 16.4. The summed E-state index contributed by atoms with van der Waals surface area (Å²) in [5, 5.41) is 11.7. The maximum absolute atomic E-state index is 12.2. The van der Waals surface area contributed by atoms with E-state index >= 15 is 0 Å². The lowest BCUT2D eigenvalue weighted by atomic mass is 10.2. The van der Waals surface area contributed by atoms with E-state index < -0.39 is 0 Å². The number of amides is 2. The van der Waals surface area contributed by atoms with Crippen LogP contribution in [0.3, 0.4) is 0 Å². The lowest BCUT2D eigenvalue weighted by Gasteiger charge is -2.16. The molecule has 0 spiro atoms. The first kappa shape index (κ1) is 19.4. The van der Waals surface area contributed by atoms with Gasteiger partial charge in [0.1, 0.15) is 6.33 Å². The molecule has 144 valence electrons. The summed E-state index contributed by atoms with van der Waals surface area (Å²) in [7, 11) is 0. The quantitative estimate of drug-likeness (QED) is 0.527. The van der Waals surface area contributed by atoms with Gasteiger partial charge in [-0.2, -0.15) is 0 Å². The van der Waals surface area contributed by atoms with Crippen molar-refractivity contribution < 1.29 is 9.59 Å². The van der Waals surface area contributed by atoms with Crippen molar-refractivity contribution >= 4 is 35.0 Å². The number of hydrogen-bond acceptors (Lipinski definition) is 5. The molecule has 0 bridgehead atoms. The Hall–Kier alpha value is -2.35. The molecule has 0 radical (unpaired) electrons. The predicted octanol–water partition coefficient (Wildman–Crippen LogP) is 3.33. The Labute approximate surface area is 163 Å². The minimum Gasteiger partial charge on any atom is -0.325 e. The van der Waals surface area contributed by atoms with Crippen LogP contribution in [0.4, 0.5) is 11.4 Å². The van der Waals surface area contributed by atoms with E-state index in [0.29, 0.717) is 6.42 Å². The van der Waals surface area contributed by atoms with E-state index in [2.05, 4.69) is 22.4 Å². The fraction of sp³-hybridized carbons (Fsp3) is 0.474. The average Bonchev–Trinajstić information content (AvgIpc) is 3.30. The number of nitrogens with one attached hydrogen (secondary N) is 1. The first-order chi connectivity index (χ1) is 13.2. The molecule has 2 amide bonds. The molecule has 0 aliphatic carbocycles. The second kappa shape index (κ2) is 9.55. The zero-order chi connectivity index (χ0) is 19.1. The Morgan fingerprint density at radius 1 is 1.26 bits per heavy atom. The molecule has 0 saturated carbocycles. The maximum Gasteiger partial charge on any atom is 0.234 e. The minimum absolute atomic E-state index is 0.0897. The van der Waals surface area contributed by atoms with Gasteiger partial charge in [-0.25, -0.2) is 0 Å². The van der Waals surface area contributed by atoms with Crippen molar-refractivity contribution in [1.82, 2.24) is 14.8 Å². The monoisotopic (exact) mass is 387 g/mol. The first-order valence-electron chi connectivity index (χ1n) is 9.38. The molecule has 1 aromatic heterocycles. The Balaban J connectivity index is 1.48. The van der Waals surface area contributed by atoms with Gasteiger partial charge in [0.25, 0.3) is 0 Å². The standard InChI is InChI=1S/C19H25N5O2S/c1-2-3-4-11-23-14-20-22-19(23)27-13-17(25)21-15-7-9-16(10-8-15)24-12-5-6-18(24)26/h7-10,14H,2-6,11-13H2,1H3,(H,21,25). The van der Waals surface area contributed by atoms with Gasteiger partial charge in [-0.1, -0.05) is 31.5 Å². The number of anilines is 2. The Morgan fingerprint density at radius 2 is 2.07 bits per heavy atom. The molecule has 2 heterocycles. The molecule has 1 aromatic carbocycles. The van der Waals surface area contributed by atoms with Gasteiger partial charge in [0, 0.05) is 30.9 Å². The molecule has 0 atom stereocenters. The second-order valence-corrected chi connectivity index (χ2v) is 7.49. The highest BCUT2D eigenvalue weighted by Crippen LogP contribution is 2.23. The molecule has 0 unspecified atom stereocenters. The van der Waals surface area contributed by atoms with Gasteiger partial charge in [-0.05, 0) is 37.1 Å². The molecule has 1 aliphatic heterocycles. The summed E-state index contributed by atoms with van der Waals surface area (Å²) < 4.78 is 2.00. The van der Waals surface area contributed by atoms with Crippen molar-refractivity contribution in [2.24, 2.45) is 0 Å². The van der Waals surface area contributed by atoms with Gasteiger partial charge in [0.2, 0.25) is 11.8 Å². The summed E-state index contributed by atoms with van der Waals surface area (Å²) in [4.78, 5) is 25.8. The Morgan fingerprint density at radius 3 is 2.78 bits per heavy atom. The Kier molecular flexibility index (Phi) is 6.86. The maximum atomic E-state index is 12.2. The summed E-state index contributed by atoms with van der Waals surface area (Å²) >= 11 is 1.39. The summed E-state index contributed by atoms with van der Waals surface area (Å²) in [5.41, 5.74) is 1.60. The van der Waals surface area contributed by atoms with Crippen LogP contribution in [0.1, 0.15) is 39.0 Å². The number of carbonyl (C=O) groups is 2. The number of benzene rings is 1. The fourth-order valence-corrected chi connectivity index (χ4v) is 3.76. The van der Waals surface area contributed by atoms with Gasteiger partial charge in [0.05, 0.1) is 5.75 Å². The topological polar surface area (TPSA) is 80.1 Å². The number of aryl methyl sites for hydroxylation is 1.